The number of anilines is 1. The van der Waals surface area contributed by atoms with Crippen LogP contribution in [-0.4, -0.2) is 57.2 Å². The van der Waals surface area contributed by atoms with Crippen molar-refractivity contribution < 1.29 is 19.4 Å². The van der Waals surface area contributed by atoms with Crippen molar-refractivity contribution in [1.29, 1.82) is 5.26 Å². The number of benzene rings is 1. The van der Waals surface area contributed by atoms with Crippen LogP contribution in [0.2, 0.25) is 0 Å². The lowest BCUT2D eigenvalue weighted by molar-refractivity contribution is 0.0944. The molecule has 0 atom stereocenters. The molecule has 0 aliphatic heterocycles. The number of methoxy groups -OCH3 is 1. The number of nitrogen functional groups attached to an aromatic ring is 1. The fourth-order valence-electron chi connectivity index (χ4n) is 3.67. The van der Waals surface area contributed by atoms with Crippen molar-refractivity contribution in [2.75, 3.05) is 32.6 Å². The first kappa shape index (κ1) is 23.5. The van der Waals surface area contributed by atoms with Crippen molar-refractivity contribution in [3.63, 3.8) is 0 Å². The predicted molar refractivity (Wildman–Crippen MR) is 128 cm³/mol. The van der Waals surface area contributed by atoms with Crippen LogP contribution in [0.1, 0.15) is 23.0 Å². The SMILES string of the molecule is CCNC(=O)c1nc2c(-c3ccnc(OC)c3)c(-c3cccc(C#N)c3)nc(N)n2c1OCCO. The summed E-state index contributed by atoms with van der Waals surface area (Å²) in [7, 11) is 1.50. The summed E-state index contributed by atoms with van der Waals surface area (Å²) < 4.78 is 12.4. The Labute approximate surface area is 200 Å². The number of nitrogens with two attached hydrogens (primary N) is 1. The fraction of sp³-hybridized carbons (Fsp3) is 0.208. The molecule has 11 nitrogen and oxygen atoms in total. The van der Waals surface area contributed by atoms with Crippen molar-refractivity contribution in [3.8, 4) is 40.2 Å². The largest absolute Gasteiger partial charge is 0.481 e. The van der Waals surface area contributed by atoms with Gasteiger partial charge in [0.05, 0.1) is 36.6 Å². The van der Waals surface area contributed by atoms with Crippen LogP contribution < -0.4 is 20.5 Å². The van der Waals surface area contributed by atoms with Crippen LogP contribution in [-0.2, 0) is 0 Å². The molecular weight excluding hydrogens is 450 g/mol. The summed E-state index contributed by atoms with van der Waals surface area (Å²) in [4.78, 5) is 26.2. The Bertz CT molecular complexity index is 1440. The highest BCUT2D eigenvalue weighted by atomic mass is 16.5. The molecule has 0 spiro atoms. The number of nitrogens with zero attached hydrogens (tertiary/aromatic N) is 5. The van der Waals surface area contributed by atoms with Crippen LogP contribution >= 0.6 is 0 Å². The molecule has 4 aromatic rings. The predicted octanol–water partition coefficient (Wildman–Crippen LogP) is 2.04. The fourth-order valence-corrected chi connectivity index (χ4v) is 3.67. The molecule has 4 rings (SSSR count). The molecule has 0 aliphatic rings. The first-order chi connectivity index (χ1) is 17.0. The Morgan fingerprint density at radius 1 is 1.26 bits per heavy atom. The number of pyridine rings is 1. The number of hydrogen-bond acceptors (Lipinski definition) is 9. The van der Waals surface area contributed by atoms with E-state index in [4.69, 9.17) is 15.2 Å². The molecule has 0 bridgehead atoms. The van der Waals surface area contributed by atoms with Gasteiger partial charge in [-0.15, -0.1) is 0 Å². The second-order valence-electron chi connectivity index (χ2n) is 7.33. The highest BCUT2D eigenvalue weighted by molar-refractivity contribution is 5.99. The lowest BCUT2D eigenvalue weighted by Crippen LogP contribution is -2.24. The van der Waals surface area contributed by atoms with E-state index in [0.29, 0.717) is 46.0 Å². The van der Waals surface area contributed by atoms with Gasteiger partial charge in [0.25, 0.3) is 5.91 Å². The number of nitriles is 1. The molecule has 178 valence electrons. The minimum absolute atomic E-state index is 0.000929. The van der Waals surface area contributed by atoms with E-state index in [9.17, 15) is 15.2 Å². The third-order valence-electron chi connectivity index (χ3n) is 5.13. The molecule has 1 aromatic carbocycles. The summed E-state index contributed by atoms with van der Waals surface area (Å²) in [5, 5.41) is 21.4. The number of carbonyl (C=O) groups is 1. The number of nitrogens with one attached hydrogen (secondary N) is 1. The van der Waals surface area contributed by atoms with Gasteiger partial charge in [0.2, 0.25) is 17.7 Å². The van der Waals surface area contributed by atoms with Gasteiger partial charge in [0.1, 0.15) is 6.61 Å². The molecule has 0 fully saturated rings. The number of rotatable bonds is 8. The summed E-state index contributed by atoms with van der Waals surface area (Å²) in [6.07, 6.45) is 1.58. The van der Waals surface area contributed by atoms with E-state index >= 15 is 0 Å². The average Bonchev–Trinajstić information content (AvgIpc) is 3.27. The minimum Gasteiger partial charge on any atom is -0.481 e. The summed E-state index contributed by atoms with van der Waals surface area (Å²) in [6.45, 7) is 1.81. The molecule has 0 saturated carbocycles. The van der Waals surface area contributed by atoms with Crippen molar-refractivity contribution >= 4 is 17.5 Å². The Hall–Kier alpha value is -4.69. The number of aliphatic hydroxyl groups is 1. The second kappa shape index (κ2) is 10.1. The van der Waals surface area contributed by atoms with Crippen molar-refractivity contribution in [2.45, 2.75) is 6.92 Å². The van der Waals surface area contributed by atoms with E-state index in [1.165, 1.54) is 11.5 Å². The van der Waals surface area contributed by atoms with E-state index in [-0.39, 0.29) is 30.7 Å². The van der Waals surface area contributed by atoms with Crippen molar-refractivity contribution in [2.24, 2.45) is 0 Å². The third-order valence-corrected chi connectivity index (χ3v) is 5.13. The van der Waals surface area contributed by atoms with Crippen molar-refractivity contribution in [1.82, 2.24) is 24.7 Å². The Balaban J connectivity index is 2.12. The van der Waals surface area contributed by atoms with Gasteiger partial charge in [-0.3, -0.25) is 4.79 Å². The number of fused-ring (bicyclic) bond motifs is 1. The first-order valence-electron chi connectivity index (χ1n) is 10.8. The van der Waals surface area contributed by atoms with Gasteiger partial charge in [0.15, 0.2) is 11.3 Å². The lowest BCUT2D eigenvalue weighted by atomic mass is 9.99. The monoisotopic (exact) mass is 473 g/mol. The first-order valence-corrected chi connectivity index (χ1v) is 10.8. The molecule has 0 radical (unpaired) electrons. The zero-order valence-corrected chi connectivity index (χ0v) is 19.1. The van der Waals surface area contributed by atoms with Crippen LogP contribution in [0.25, 0.3) is 28.0 Å². The Morgan fingerprint density at radius 2 is 2.09 bits per heavy atom. The third kappa shape index (κ3) is 4.42. The van der Waals surface area contributed by atoms with Gasteiger partial charge >= 0.3 is 0 Å². The number of carbonyl (C=O) groups excluding carboxylic acids is 1. The maximum atomic E-state index is 12.8. The molecule has 0 saturated heterocycles. The van der Waals surface area contributed by atoms with E-state index in [0.717, 1.165) is 0 Å². The van der Waals surface area contributed by atoms with Crippen LogP contribution in [0.4, 0.5) is 5.95 Å². The minimum atomic E-state index is -0.463. The molecule has 3 aromatic heterocycles. The highest BCUT2D eigenvalue weighted by Gasteiger charge is 2.27. The van der Waals surface area contributed by atoms with Gasteiger partial charge in [-0.05, 0) is 30.7 Å². The summed E-state index contributed by atoms with van der Waals surface area (Å²) in [5.74, 6) is -0.0287. The zero-order chi connectivity index (χ0) is 24.9. The van der Waals surface area contributed by atoms with Crippen molar-refractivity contribution in [3.05, 3.63) is 53.9 Å². The molecular formula is C24H23N7O4. The van der Waals surface area contributed by atoms with E-state index in [2.05, 4.69) is 26.3 Å². The van der Waals surface area contributed by atoms with Gasteiger partial charge in [-0.1, -0.05) is 12.1 Å². The number of aromatic nitrogens is 4. The molecule has 11 heteroatoms. The summed E-state index contributed by atoms with van der Waals surface area (Å²) in [5.41, 5.74) is 9.36. The van der Waals surface area contributed by atoms with Crippen LogP contribution in [0.5, 0.6) is 11.8 Å². The van der Waals surface area contributed by atoms with Crippen LogP contribution in [0.15, 0.2) is 42.6 Å². The lowest BCUT2D eigenvalue weighted by Gasteiger charge is -2.14. The molecule has 3 heterocycles. The van der Waals surface area contributed by atoms with Crippen LogP contribution in [0.3, 0.4) is 0 Å². The number of ether oxygens (including phenoxy) is 2. The Kier molecular flexibility index (Phi) is 6.75. The quantitative estimate of drug-likeness (QED) is 0.348. The molecule has 4 N–H and O–H groups in total. The van der Waals surface area contributed by atoms with Gasteiger partial charge in [-0.2, -0.15) is 5.26 Å². The van der Waals surface area contributed by atoms with Gasteiger partial charge < -0.3 is 25.6 Å². The van der Waals surface area contributed by atoms with E-state index < -0.39 is 5.91 Å². The zero-order valence-electron chi connectivity index (χ0n) is 19.1. The molecule has 35 heavy (non-hydrogen) atoms. The smallest absolute Gasteiger partial charge is 0.275 e. The maximum Gasteiger partial charge on any atom is 0.275 e. The molecule has 1 amide bonds. The molecule has 0 aliphatic carbocycles. The number of imidazole rings is 1. The normalized spacial score (nSPS) is 10.7. The standard InChI is InChI=1S/C24H23N7O4/c1-3-27-22(33)20-23(35-10-9-32)31-21(29-20)18(15-7-8-28-17(12-15)34-2)19(30-24(31)26)16-6-4-5-14(11-16)13-25/h4-8,11-12,32H,3,9-10H2,1-2H3,(H2,26,30)(H,27,33). The van der Waals surface area contributed by atoms with Gasteiger partial charge in [0, 0.05) is 24.4 Å². The van der Waals surface area contributed by atoms with E-state index in [1.807, 2.05) is 0 Å². The number of aliphatic hydroxyl groups excluding tert-OH is 1. The van der Waals surface area contributed by atoms with Gasteiger partial charge in [-0.25, -0.2) is 19.4 Å². The summed E-state index contributed by atoms with van der Waals surface area (Å²) in [6, 6.07) is 12.5. The molecule has 0 unspecified atom stereocenters. The topological polar surface area (TPSA) is 161 Å². The maximum absolute atomic E-state index is 12.8. The number of hydrogen-bond donors (Lipinski definition) is 3. The van der Waals surface area contributed by atoms with E-state index in [1.54, 1.807) is 49.5 Å². The Morgan fingerprint density at radius 3 is 2.80 bits per heavy atom. The highest BCUT2D eigenvalue weighted by Crippen LogP contribution is 2.38. The summed E-state index contributed by atoms with van der Waals surface area (Å²) >= 11 is 0. The number of amides is 1. The average molecular weight is 473 g/mol. The van der Waals surface area contributed by atoms with Crippen LogP contribution in [0, 0.1) is 11.3 Å². The second-order valence-corrected chi connectivity index (χ2v) is 7.33.